The highest BCUT2D eigenvalue weighted by molar-refractivity contribution is 4.56. The van der Waals surface area contributed by atoms with E-state index >= 15 is 0 Å². The molecule has 0 aliphatic rings. The fraction of sp³-hybridized carbons (Fsp3) is 1.00. The molecule has 0 aliphatic carbocycles. The van der Waals surface area contributed by atoms with Gasteiger partial charge in [-0.1, -0.05) is 51.9 Å². The predicted octanol–water partition coefficient (Wildman–Crippen LogP) is 3.58. The quantitative estimate of drug-likeness (QED) is 0.435. The third-order valence-corrected chi connectivity index (χ3v) is 3.70. The van der Waals surface area contributed by atoms with E-state index < -0.39 is 0 Å². The lowest BCUT2D eigenvalue weighted by Crippen LogP contribution is -2.47. The minimum atomic E-state index is 0.319. The maximum atomic E-state index is 9.35. The van der Waals surface area contributed by atoms with E-state index in [1.54, 1.807) is 0 Å². The average Bonchev–Trinajstić information content (AvgIpc) is 2.25. The molecule has 0 saturated carbocycles. The van der Waals surface area contributed by atoms with Crippen molar-refractivity contribution in [3.8, 4) is 0 Å². The Balaban J connectivity index is 3.38. The molecule has 2 heteroatoms. The van der Waals surface area contributed by atoms with Gasteiger partial charge in [-0.25, -0.2) is 0 Å². The highest BCUT2D eigenvalue weighted by atomic mass is 16.3. The maximum Gasteiger partial charge on any atom is 0.112 e. The van der Waals surface area contributed by atoms with Crippen LogP contribution in [-0.4, -0.2) is 43.4 Å². The largest absolute Gasteiger partial charge is 0.390 e. The number of nitrogens with zero attached hydrogens (tertiary/aromatic N) is 1. The van der Waals surface area contributed by atoms with Crippen molar-refractivity contribution in [2.24, 2.45) is 0 Å². The van der Waals surface area contributed by atoms with E-state index in [2.05, 4.69) is 28.1 Å². The van der Waals surface area contributed by atoms with Crippen molar-refractivity contribution in [3.63, 3.8) is 0 Å². The zero-order chi connectivity index (χ0) is 13.1. The molecule has 1 N–H and O–H groups in total. The minimum Gasteiger partial charge on any atom is -0.390 e. The van der Waals surface area contributed by atoms with Gasteiger partial charge in [0.05, 0.1) is 27.7 Å². The number of rotatable bonds is 11. The van der Waals surface area contributed by atoms with E-state index in [0.717, 1.165) is 10.9 Å². The molecule has 17 heavy (non-hydrogen) atoms. The molecule has 0 aromatic carbocycles. The summed E-state index contributed by atoms with van der Waals surface area (Å²) in [7, 11) is 6.52. The Labute approximate surface area is 109 Å². The molecule has 0 aromatic heterocycles. The van der Waals surface area contributed by atoms with Crippen molar-refractivity contribution in [1.29, 1.82) is 0 Å². The minimum absolute atomic E-state index is 0.319. The Kier molecular flexibility index (Phi) is 9.85. The van der Waals surface area contributed by atoms with Crippen molar-refractivity contribution in [3.05, 3.63) is 0 Å². The number of unbranched alkanes of at least 4 members (excludes halogenated alkanes) is 7. The smallest absolute Gasteiger partial charge is 0.112 e. The molecule has 0 fully saturated rings. The standard InChI is InChI=1S/C15H34NO/c1-5-6-7-8-9-10-11-12-13-15(14-17)16(2,3)4/h15,17H,5-14H2,1-4H3/q+1. The predicted molar refractivity (Wildman–Crippen MR) is 76.1 cm³/mol. The Morgan fingerprint density at radius 2 is 1.29 bits per heavy atom. The van der Waals surface area contributed by atoms with Crippen LogP contribution in [0.1, 0.15) is 64.7 Å². The van der Waals surface area contributed by atoms with Gasteiger partial charge in [-0.3, -0.25) is 0 Å². The van der Waals surface area contributed by atoms with E-state index in [0.29, 0.717) is 12.6 Å². The Bertz CT molecular complexity index is 163. The SMILES string of the molecule is CCCCCCCCCCC(CO)[N+](C)(C)C. The highest BCUT2D eigenvalue weighted by Crippen LogP contribution is 2.14. The van der Waals surface area contributed by atoms with Crippen LogP contribution in [0, 0.1) is 0 Å². The van der Waals surface area contributed by atoms with E-state index in [-0.39, 0.29) is 0 Å². The van der Waals surface area contributed by atoms with Crippen LogP contribution in [-0.2, 0) is 0 Å². The third-order valence-electron chi connectivity index (χ3n) is 3.70. The number of quaternary nitrogens is 1. The lowest BCUT2D eigenvalue weighted by molar-refractivity contribution is -0.897. The molecule has 0 rings (SSSR count). The summed E-state index contributed by atoms with van der Waals surface area (Å²) in [5.74, 6) is 0. The molecule has 0 saturated heterocycles. The lowest BCUT2D eigenvalue weighted by Gasteiger charge is -2.33. The van der Waals surface area contributed by atoms with Crippen LogP contribution in [0.25, 0.3) is 0 Å². The monoisotopic (exact) mass is 244 g/mol. The van der Waals surface area contributed by atoms with Crippen LogP contribution in [0.15, 0.2) is 0 Å². The molecule has 2 nitrogen and oxygen atoms in total. The van der Waals surface area contributed by atoms with Crippen LogP contribution in [0.2, 0.25) is 0 Å². The molecule has 0 radical (unpaired) electrons. The van der Waals surface area contributed by atoms with Crippen molar-refractivity contribution in [2.45, 2.75) is 70.8 Å². The van der Waals surface area contributed by atoms with E-state index in [9.17, 15) is 5.11 Å². The normalized spacial score (nSPS) is 13.9. The van der Waals surface area contributed by atoms with Gasteiger partial charge in [-0.05, 0) is 6.42 Å². The second-order valence-electron chi connectivity index (χ2n) is 6.22. The van der Waals surface area contributed by atoms with Crippen LogP contribution in [0.3, 0.4) is 0 Å². The van der Waals surface area contributed by atoms with Gasteiger partial charge >= 0.3 is 0 Å². The van der Waals surface area contributed by atoms with Crippen molar-refractivity contribution < 1.29 is 9.59 Å². The first-order valence-electron chi connectivity index (χ1n) is 7.44. The number of aliphatic hydroxyl groups is 1. The summed E-state index contributed by atoms with van der Waals surface area (Å²) in [4.78, 5) is 0. The van der Waals surface area contributed by atoms with Gasteiger partial charge in [0.25, 0.3) is 0 Å². The third kappa shape index (κ3) is 9.61. The number of aliphatic hydroxyl groups excluding tert-OH is 1. The summed E-state index contributed by atoms with van der Waals surface area (Å²) in [6.07, 6.45) is 12.1. The fourth-order valence-corrected chi connectivity index (χ4v) is 2.24. The molecule has 104 valence electrons. The van der Waals surface area contributed by atoms with Crippen molar-refractivity contribution in [1.82, 2.24) is 0 Å². The lowest BCUT2D eigenvalue weighted by atomic mass is 10.0. The number of hydrogen-bond acceptors (Lipinski definition) is 1. The van der Waals surface area contributed by atoms with Gasteiger partial charge in [-0.2, -0.15) is 0 Å². The molecule has 1 atom stereocenters. The van der Waals surface area contributed by atoms with E-state index in [1.807, 2.05) is 0 Å². The molecule has 0 spiro atoms. The topological polar surface area (TPSA) is 20.2 Å². The van der Waals surface area contributed by atoms with Gasteiger partial charge in [0, 0.05) is 6.42 Å². The van der Waals surface area contributed by atoms with Gasteiger partial charge in [-0.15, -0.1) is 0 Å². The summed E-state index contributed by atoms with van der Waals surface area (Å²) in [6, 6.07) is 0.412. The van der Waals surface area contributed by atoms with Crippen LogP contribution in [0.5, 0.6) is 0 Å². The Morgan fingerprint density at radius 1 is 0.824 bits per heavy atom. The summed E-state index contributed by atoms with van der Waals surface area (Å²) < 4.78 is 0.882. The zero-order valence-corrected chi connectivity index (χ0v) is 12.5. The molecule has 0 aromatic rings. The van der Waals surface area contributed by atoms with Crippen molar-refractivity contribution >= 4 is 0 Å². The zero-order valence-electron chi connectivity index (χ0n) is 12.5. The second kappa shape index (κ2) is 9.90. The van der Waals surface area contributed by atoms with Crippen molar-refractivity contribution in [2.75, 3.05) is 27.7 Å². The molecular formula is C15H34NO+. The molecule has 0 bridgehead atoms. The molecule has 0 heterocycles. The first-order chi connectivity index (χ1) is 8.02. The number of likely N-dealkylation sites (N-methyl/N-ethyl adjacent to an activating group) is 1. The summed E-state index contributed by atoms with van der Waals surface area (Å²) in [6.45, 7) is 2.58. The van der Waals surface area contributed by atoms with Gasteiger partial charge in [0.1, 0.15) is 6.04 Å². The summed E-state index contributed by atoms with van der Waals surface area (Å²) in [5, 5.41) is 9.35. The van der Waals surface area contributed by atoms with E-state index in [1.165, 1.54) is 51.4 Å². The molecular weight excluding hydrogens is 210 g/mol. The first-order valence-corrected chi connectivity index (χ1v) is 7.44. The highest BCUT2D eigenvalue weighted by Gasteiger charge is 2.21. The van der Waals surface area contributed by atoms with Gasteiger partial charge in [0.15, 0.2) is 0 Å². The van der Waals surface area contributed by atoms with Gasteiger partial charge in [0.2, 0.25) is 0 Å². The van der Waals surface area contributed by atoms with Crippen LogP contribution in [0.4, 0.5) is 0 Å². The summed E-state index contributed by atoms with van der Waals surface area (Å²) >= 11 is 0. The fourth-order valence-electron chi connectivity index (χ4n) is 2.24. The molecule has 0 aliphatic heterocycles. The second-order valence-corrected chi connectivity index (χ2v) is 6.22. The molecule has 1 unspecified atom stereocenters. The summed E-state index contributed by atoms with van der Waals surface area (Å²) in [5.41, 5.74) is 0. The Morgan fingerprint density at radius 3 is 1.71 bits per heavy atom. The maximum absolute atomic E-state index is 9.35. The van der Waals surface area contributed by atoms with Crippen LogP contribution < -0.4 is 0 Å². The first kappa shape index (κ1) is 16.9. The van der Waals surface area contributed by atoms with E-state index in [4.69, 9.17) is 0 Å². The van der Waals surface area contributed by atoms with Gasteiger partial charge < -0.3 is 9.59 Å². The number of hydrogen-bond donors (Lipinski definition) is 1. The van der Waals surface area contributed by atoms with Crippen LogP contribution >= 0.6 is 0 Å². The molecule has 0 amide bonds. The Hall–Kier alpha value is -0.0800. The average molecular weight is 244 g/mol.